The summed E-state index contributed by atoms with van der Waals surface area (Å²) in [6, 6.07) is 0. The van der Waals surface area contributed by atoms with E-state index in [1.165, 1.54) is 25.7 Å². The number of ether oxygens (including phenoxy) is 2. The maximum Gasteiger partial charge on any atom is 0.472 e. The molecule has 0 amide bonds. The van der Waals surface area contributed by atoms with Crippen LogP contribution in [0.2, 0.25) is 0 Å². The lowest BCUT2D eigenvalue weighted by Crippen LogP contribution is -2.64. The third kappa shape index (κ3) is 33.3. The second-order valence-corrected chi connectivity index (χ2v) is 17.6. The SMILES string of the molecule is CC/C=C\C/C=C\C/C=C\C/C=C\C/C=C\CCCCCCCCCCOCC(COP(=O)(O)OC1C(O)C(O)C(O)C(O)C1O)OC(=O)C/C=C\C/C=C\C/C=C\C/C=C\C/C=C\CC. The van der Waals surface area contributed by atoms with Crippen LogP contribution in [-0.2, 0) is 27.9 Å². The molecule has 6 N–H and O–H groups in total. The van der Waals surface area contributed by atoms with Gasteiger partial charge in [-0.15, -0.1) is 0 Å². The van der Waals surface area contributed by atoms with Crippen LogP contribution in [0.5, 0.6) is 0 Å². The zero-order valence-corrected chi connectivity index (χ0v) is 40.8. The molecule has 1 rings (SSSR count). The van der Waals surface area contributed by atoms with Crippen LogP contribution in [0.4, 0.5) is 0 Å². The molecule has 66 heavy (non-hydrogen) atoms. The molecule has 0 spiro atoms. The molecule has 0 bridgehead atoms. The number of unbranched alkanes of at least 4 members (excludes halogenated alkanes) is 8. The number of aliphatic hydroxyl groups excluding tert-OH is 5. The van der Waals surface area contributed by atoms with Gasteiger partial charge in [-0.25, -0.2) is 4.57 Å². The smallest absolute Gasteiger partial charge is 0.457 e. The number of carbonyl (C=O) groups excluding carboxylic acids is 1. The summed E-state index contributed by atoms with van der Waals surface area (Å²) >= 11 is 0. The van der Waals surface area contributed by atoms with E-state index in [1.807, 2.05) is 18.2 Å². The van der Waals surface area contributed by atoms with Crippen molar-refractivity contribution < 1.29 is 58.3 Å². The topological polar surface area (TPSA) is 192 Å². The lowest BCUT2D eigenvalue weighted by molar-refractivity contribution is -0.220. The first-order valence-electron chi connectivity index (χ1n) is 24.4. The molecule has 374 valence electrons. The highest BCUT2D eigenvalue weighted by Crippen LogP contribution is 2.47. The van der Waals surface area contributed by atoms with Crippen molar-refractivity contribution in [3.05, 3.63) is 122 Å². The molecule has 0 aromatic rings. The van der Waals surface area contributed by atoms with Crippen molar-refractivity contribution in [2.75, 3.05) is 19.8 Å². The number of phosphoric acid groups is 1. The van der Waals surface area contributed by atoms with Gasteiger partial charge in [0.15, 0.2) is 0 Å². The van der Waals surface area contributed by atoms with Gasteiger partial charge in [0.2, 0.25) is 0 Å². The number of carbonyl (C=O) groups is 1. The van der Waals surface area contributed by atoms with Crippen molar-refractivity contribution in [3.63, 3.8) is 0 Å². The maximum atomic E-state index is 12.8. The summed E-state index contributed by atoms with van der Waals surface area (Å²) in [5.41, 5.74) is 0. The minimum Gasteiger partial charge on any atom is -0.457 e. The van der Waals surface area contributed by atoms with E-state index < -0.39 is 63.1 Å². The van der Waals surface area contributed by atoms with E-state index >= 15 is 0 Å². The second-order valence-electron chi connectivity index (χ2n) is 16.2. The monoisotopic (exact) mass is 945 g/mol. The van der Waals surface area contributed by atoms with Crippen molar-refractivity contribution in [2.24, 2.45) is 0 Å². The normalized spacial score (nSPS) is 22.5. The lowest BCUT2D eigenvalue weighted by Gasteiger charge is -2.41. The average Bonchev–Trinajstić information content (AvgIpc) is 3.30. The Kier molecular flexibility index (Phi) is 38.6. The quantitative estimate of drug-likeness (QED) is 0.0148. The first-order chi connectivity index (χ1) is 32.0. The molecule has 0 aromatic heterocycles. The van der Waals surface area contributed by atoms with E-state index in [2.05, 4.69) is 111 Å². The Labute approximate surface area is 397 Å². The van der Waals surface area contributed by atoms with Gasteiger partial charge in [-0.1, -0.05) is 174 Å². The molecule has 6 unspecified atom stereocenters. The Morgan fingerprint density at radius 3 is 1.29 bits per heavy atom. The zero-order valence-electron chi connectivity index (χ0n) is 39.9. The molecule has 1 fully saturated rings. The van der Waals surface area contributed by atoms with E-state index in [0.717, 1.165) is 89.9 Å². The summed E-state index contributed by atoms with van der Waals surface area (Å²) in [7, 11) is -5.06. The first kappa shape index (κ1) is 60.8. The van der Waals surface area contributed by atoms with E-state index in [0.29, 0.717) is 13.0 Å². The molecule has 13 heteroatoms. The fourth-order valence-corrected chi connectivity index (χ4v) is 7.55. The van der Waals surface area contributed by atoms with E-state index in [-0.39, 0.29) is 13.0 Å². The Balaban J connectivity index is 2.41. The molecule has 0 saturated heterocycles. The van der Waals surface area contributed by atoms with Crippen LogP contribution in [0.3, 0.4) is 0 Å². The highest BCUT2D eigenvalue weighted by molar-refractivity contribution is 7.47. The molecule has 12 nitrogen and oxygen atoms in total. The van der Waals surface area contributed by atoms with Crippen molar-refractivity contribution in [1.29, 1.82) is 0 Å². The Morgan fingerprint density at radius 1 is 0.485 bits per heavy atom. The number of aliphatic hydroxyl groups is 5. The Hall–Kier alpha value is -3.26. The fraction of sp³-hybridized carbons (Fsp3) is 0.604. The van der Waals surface area contributed by atoms with Crippen molar-refractivity contribution >= 4 is 13.8 Å². The Morgan fingerprint density at radius 2 is 0.848 bits per heavy atom. The van der Waals surface area contributed by atoms with Gasteiger partial charge in [0, 0.05) is 6.61 Å². The first-order valence-corrected chi connectivity index (χ1v) is 25.9. The zero-order chi connectivity index (χ0) is 48.4. The van der Waals surface area contributed by atoms with Gasteiger partial charge >= 0.3 is 13.8 Å². The molecule has 0 aromatic carbocycles. The number of esters is 1. The summed E-state index contributed by atoms with van der Waals surface area (Å²) in [5.74, 6) is -0.612. The minimum atomic E-state index is -5.06. The van der Waals surface area contributed by atoms with Gasteiger partial charge in [-0.05, 0) is 83.5 Å². The lowest BCUT2D eigenvalue weighted by atomic mass is 9.85. The van der Waals surface area contributed by atoms with E-state index in [9.17, 15) is 39.8 Å². The molecule has 6 atom stereocenters. The predicted octanol–water partition coefficient (Wildman–Crippen LogP) is 10.6. The summed E-state index contributed by atoms with van der Waals surface area (Å²) in [5, 5.41) is 50.2. The Bertz CT molecular complexity index is 1540. The number of allylic oxidation sites excluding steroid dienone is 19. The molecule has 1 aliphatic carbocycles. The van der Waals surface area contributed by atoms with Crippen molar-refractivity contribution in [2.45, 2.75) is 185 Å². The molecule has 0 heterocycles. The average molecular weight is 945 g/mol. The molecule has 0 radical (unpaired) electrons. The largest absolute Gasteiger partial charge is 0.472 e. The maximum absolute atomic E-state index is 12.8. The molecular formula is C53H85O12P. The summed E-state index contributed by atoms with van der Waals surface area (Å²) < 4.78 is 34.1. The van der Waals surface area contributed by atoms with Gasteiger partial charge in [0.25, 0.3) is 0 Å². The van der Waals surface area contributed by atoms with Crippen LogP contribution in [-0.4, -0.2) is 98.9 Å². The van der Waals surface area contributed by atoms with Gasteiger partial charge in [0.05, 0.1) is 19.6 Å². The minimum absolute atomic E-state index is 0.0563. The molecule has 0 aliphatic heterocycles. The van der Waals surface area contributed by atoms with Crippen LogP contribution in [0.15, 0.2) is 122 Å². The van der Waals surface area contributed by atoms with E-state index in [1.54, 1.807) is 6.08 Å². The van der Waals surface area contributed by atoms with Crippen LogP contribution in [0, 0.1) is 0 Å². The van der Waals surface area contributed by atoms with Gasteiger partial charge in [0.1, 0.15) is 42.7 Å². The molecule has 1 aliphatic rings. The standard InChI is InChI=1S/C53H85O12P/c1-3-5-7-9-11-13-15-17-19-20-21-22-23-24-25-26-27-29-31-33-35-37-39-41-43-62-44-46(45-63-66(60,61)65-53-51(58)49(56)48(55)50(57)52(53)59)64-47(54)42-40-38-36-34-32-30-28-18-16-14-12-10-8-6-4-2/h5-8,11-14,17-19,21-22,24-25,28,32,34,38,40,46,48-53,55-59H,3-4,9-10,15-16,20,23,26-27,29-31,33,35-37,39,41-45H2,1-2H3,(H,60,61)/b7-5-,8-6-,13-11-,14-12-,19-17-,22-21-,25-24-,28-18-,34-32-,40-38-. The highest BCUT2D eigenvalue weighted by atomic mass is 31.2. The molecular weight excluding hydrogens is 860 g/mol. The number of rotatable bonds is 39. The third-order valence-corrected chi connectivity index (χ3v) is 11.3. The predicted molar refractivity (Wildman–Crippen MR) is 266 cm³/mol. The van der Waals surface area contributed by atoms with Crippen LogP contribution in [0.1, 0.15) is 142 Å². The third-order valence-electron chi connectivity index (χ3n) is 10.4. The van der Waals surface area contributed by atoms with Crippen molar-refractivity contribution in [1.82, 2.24) is 0 Å². The summed E-state index contributed by atoms with van der Waals surface area (Å²) in [6.07, 6.45) is 48.7. The second kappa shape index (κ2) is 41.9. The number of hydrogen-bond acceptors (Lipinski definition) is 11. The highest BCUT2D eigenvalue weighted by Gasteiger charge is 2.51. The van der Waals surface area contributed by atoms with Gasteiger partial charge < -0.3 is 39.9 Å². The van der Waals surface area contributed by atoms with Gasteiger partial charge in [-0.2, -0.15) is 0 Å². The van der Waals surface area contributed by atoms with E-state index in [4.69, 9.17) is 18.5 Å². The van der Waals surface area contributed by atoms with Crippen LogP contribution >= 0.6 is 7.82 Å². The van der Waals surface area contributed by atoms with Gasteiger partial charge in [-0.3, -0.25) is 13.8 Å². The number of phosphoric ester groups is 1. The van der Waals surface area contributed by atoms with Crippen LogP contribution in [0.25, 0.3) is 0 Å². The fourth-order valence-electron chi connectivity index (χ4n) is 6.57. The number of hydrogen-bond donors (Lipinski definition) is 6. The van der Waals surface area contributed by atoms with Crippen molar-refractivity contribution in [3.8, 4) is 0 Å². The summed E-state index contributed by atoms with van der Waals surface area (Å²) in [6.45, 7) is 3.88. The molecule has 1 saturated carbocycles. The summed E-state index contributed by atoms with van der Waals surface area (Å²) in [4.78, 5) is 23.1. The van der Waals surface area contributed by atoms with Crippen LogP contribution < -0.4 is 0 Å².